The molecule has 4 aromatic rings. The van der Waals surface area contributed by atoms with Crippen molar-refractivity contribution in [2.75, 3.05) is 90.3 Å². The van der Waals surface area contributed by atoms with E-state index in [-0.39, 0.29) is 39.0 Å². The second-order valence-electron chi connectivity index (χ2n) is 13.3. The summed E-state index contributed by atoms with van der Waals surface area (Å²) in [5, 5.41) is 45.4. The van der Waals surface area contributed by atoms with Gasteiger partial charge in [-0.05, 0) is 52.0 Å². The van der Waals surface area contributed by atoms with Gasteiger partial charge in [0.15, 0.2) is 0 Å². The summed E-state index contributed by atoms with van der Waals surface area (Å²) in [5.74, 6) is -4.33. The van der Waals surface area contributed by atoms with Crippen LogP contribution < -0.4 is 40.9 Å². The fourth-order valence-electron chi connectivity index (χ4n) is 5.81. The predicted molar refractivity (Wildman–Crippen MR) is 223 cm³/mol. The summed E-state index contributed by atoms with van der Waals surface area (Å²) >= 11 is 0. The molecular weight excluding hydrogens is 1030 g/mol. The number of nitrogens with one attached hydrogen (secondary N) is 2. The van der Waals surface area contributed by atoms with Crippen molar-refractivity contribution in [2.45, 2.75) is 37.5 Å². The van der Waals surface area contributed by atoms with Crippen LogP contribution in [0, 0.1) is 0 Å². The number of hydrogen-bond donors (Lipinski definition) is 2. The van der Waals surface area contributed by atoms with E-state index in [0.29, 0.717) is 62.1 Å². The fraction of sp³-hybridized carbons (Fsp3) is 0.400. The van der Waals surface area contributed by atoms with Crippen molar-refractivity contribution in [3.63, 3.8) is 0 Å². The van der Waals surface area contributed by atoms with Crippen LogP contribution in [0.25, 0.3) is 21.5 Å². The number of fused-ring (bicyclic) bond motifs is 2. The zero-order valence-corrected chi connectivity index (χ0v) is 40.7. The van der Waals surface area contributed by atoms with Crippen LogP contribution in [0.2, 0.25) is 0 Å². The van der Waals surface area contributed by atoms with Crippen LogP contribution in [0.3, 0.4) is 0 Å². The molecule has 2 aliphatic heterocycles. The van der Waals surface area contributed by atoms with Gasteiger partial charge >= 0.3 is 39.0 Å². The van der Waals surface area contributed by atoms with E-state index >= 15 is 0 Å². The molecule has 0 aliphatic carbocycles. The minimum atomic E-state index is -3.46. The molecule has 0 spiro atoms. The molecular formula is C40H54N6O12Rh2S2+2. The van der Waals surface area contributed by atoms with Crippen molar-refractivity contribution >= 4 is 76.8 Å². The standard InChI is InChI=1S/2C16H21N3O2S.4C2H4O2.2Rh/c2*1-18(2)15-7-3-6-14-13(15)5-4-8-16(14)22(20,21)19-11-9-17-10-12-19;4*1-2(3)4;;/h2*3-8,17H,9-12H2,1-2H3;4*1H3,(H,3,4);;/q;;;;;;2*+3/p-4. The maximum atomic E-state index is 13.0. The van der Waals surface area contributed by atoms with Crippen molar-refractivity contribution in [1.29, 1.82) is 0 Å². The van der Waals surface area contributed by atoms with Gasteiger partial charge in [-0.1, -0.05) is 48.5 Å². The first-order valence-corrected chi connectivity index (χ1v) is 21.3. The summed E-state index contributed by atoms with van der Waals surface area (Å²) < 4.78 is 55.0. The van der Waals surface area contributed by atoms with Gasteiger partial charge < -0.3 is 60.0 Å². The molecule has 0 bridgehead atoms. The largest absolute Gasteiger partial charge is 3.00 e. The monoisotopic (exact) mass is 1080 g/mol. The molecule has 6 rings (SSSR count). The molecule has 344 valence electrons. The smallest absolute Gasteiger partial charge is 0.550 e. The minimum absolute atomic E-state index is 0. The normalized spacial score (nSPS) is 13.5. The molecule has 4 aromatic carbocycles. The van der Waals surface area contributed by atoms with E-state index in [9.17, 15) is 16.8 Å². The first kappa shape index (κ1) is 60.0. The molecule has 62 heavy (non-hydrogen) atoms. The summed E-state index contributed by atoms with van der Waals surface area (Å²) in [5.41, 5.74) is 2.05. The van der Waals surface area contributed by atoms with Crippen LogP contribution in [0.5, 0.6) is 0 Å². The van der Waals surface area contributed by atoms with Crippen molar-refractivity contribution in [2.24, 2.45) is 0 Å². The molecule has 0 radical (unpaired) electrons. The topological polar surface area (TPSA) is 266 Å². The summed E-state index contributed by atoms with van der Waals surface area (Å²) in [4.78, 5) is 40.4. The predicted octanol–water partition coefficient (Wildman–Crippen LogP) is -1.98. The summed E-state index contributed by atoms with van der Waals surface area (Å²) in [7, 11) is 0.946. The molecule has 0 unspecified atom stereocenters. The zero-order valence-electron chi connectivity index (χ0n) is 35.8. The zero-order chi connectivity index (χ0) is 45.8. The average molecular weight is 1080 g/mol. The van der Waals surface area contributed by atoms with E-state index in [2.05, 4.69) is 10.6 Å². The molecule has 18 nitrogen and oxygen atoms in total. The number of piperazine rings is 2. The van der Waals surface area contributed by atoms with E-state index in [1.165, 1.54) is 0 Å². The van der Waals surface area contributed by atoms with Gasteiger partial charge in [-0.25, -0.2) is 16.8 Å². The number of carboxylic acids is 4. The van der Waals surface area contributed by atoms with E-state index in [4.69, 9.17) is 39.6 Å². The number of nitrogens with zero attached hydrogens (tertiary/aromatic N) is 4. The van der Waals surface area contributed by atoms with Crippen LogP contribution in [-0.2, 0) is 78.2 Å². The number of sulfonamides is 2. The second kappa shape index (κ2) is 29.3. The molecule has 2 saturated heterocycles. The maximum Gasteiger partial charge on any atom is 3.00 e. The fourth-order valence-corrected chi connectivity index (χ4v) is 9.10. The van der Waals surface area contributed by atoms with Gasteiger partial charge in [0.2, 0.25) is 20.0 Å². The number of anilines is 2. The Hall–Kier alpha value is -4.13. The molecule has 22 heteroatoms. The Morgan fingerprint density at radius 2 is 0.694 bits per heavy atom. The number of carbonyl (C=O) groups excluding carboxylic acids is 4. The first-order valence-electron chi connectivity index (χ1n) is 18.5. The number of carboxylic acid groups (broad SMARTS) is 4. The van der Waals surface area contributed by atoms with Crippen LogP contribution in [0.15, 0.2) is 82.6 Å². The van der Waals surface area contributed by atoms with Crippen molar-refractivity contribution in [3.05, 3.63) is 72.8 Å². The first-order chi connectivity index (χ1) is 28.0. The van der Waals surface area contributed by atoms with E-state index in [0.717, 1.165) is 60.6 Å². The van der Waals surface area contributed by atoms with Crippen LogP contribution >= 0.6 is 0 Å². The Morgan fingerprint density at radius 3 is 0.935 bits per heavy atom. The summed E-state index contributed by atoms with van der Waals surface area (Å²) in [6.07, 6.45) is 0. The van der Waals surface area contributed by atoms with Gasteiger partial charge in [0, 0.05) is 137 Å². The number of rotatable bonds is 6. The van der Waals surface area contributed by atoms with Crippen molar-refractivity contribution in [3.8, 4) is 0 Å². The SMILES string of the molecule is CC(=O)[O-].CC(=O)[O-].CC(=O)[O-].CC(=O)[O-].CN(C)c1cccc2c(S(=O)(=O)N3CCNCC3)cccc12.CN(C)c1cccc2c(S(=O)(=O)N3CCNCC3)cccc12.[Rh+3].[Rh+3]. The van der Waals surface area contributed by atoms with Crippen LogP contribution in [0.4, 0.5) is 11.4 Å². The molecule has 2 fully saturated rings. The van der Waals surface area contributed by atoms with E-state index in [1.807, 2.05) is 98.7 Å². The third-order valence-corrected chi connectivity index (χ3v) is 12.0. The Labute approximate surface area is 389 Å². The van der Waals surface area contributed by atoms with Crippen LogP contribution in [0.1, 0.15) is 27.7 Å². The van der Waals surface area contributed by atoms with Crippen molar-refractivity contribution < 1.29 is 95.4 Å². The molecule has 0 amide bonds. The van der Waals surface area contributed by atoms with Crippen molar-refractivity contribution in [1.82, 2.24) is 19.2 Å². The van der Waals surface area contributed by atoms with Gasteiger partial charge in [0.05, 0.1) is 9.79 Å². The number of carbonyl (C=O) groups is 4. The summed E-state index contributed by atoms with van der Waals surface area (Å²) in [6.45, 7) is 8.77. The minimum Gasteiger partial charge on any atom is -0.550 e. The van der Waals surface area contributed by atoms with Gasteiger partial charge in [-0.2, -0.15) is 8.61 Å². The Balaban J connectivity index is 0. The van der Waals surface area contributed by atoms with Crippen LogP contribution in [-0.4, -0.2) is 130 Å². The van der Waals surface area contributed by atoms with Gasteiger partial charge in [0.1, 0.15) is 0 Å². The summed E-state index contributed by atoms with van der Waals surface area (Å²) in [6, 6.07) is 22.6. The molecule has 0 atom stereocenters. The molecule has 2 aliphatic rings. The third kappa shape index (κ3) is 19.9. The average Bonchev–Trinajstić information content (AvgIpc) is 3.17. The Bertz CT molecular complexity index is 2070. The van der Waals surface area contributed by atoms with E-state index in [1.54, 1.807) is 20.7 Å². The quantitative estimate of drug-likeness (QED) is 0.198. The Morgan fingerprint density at radius 1 is 0.468 bits per heavy atom. The van der Waals surface area contributed by atoms with E-state index < -0.39 is 43.9 Å². The Kier molecular flexibility index (Phi) is 28.3. The molecule has 0 aromatic heterocycles. The molecule has 0 saturated carbocycles. The van der Waals surface area contributed by atoms with Gasteiger partial charge in [-0.3, -0.25) is 0 Å². The second-order valence-corrected chi connectivity index (χ2v) is 17.1. The number of hydrogen-bond acceptors (Lipinski definition) is 16. The number of benzene rings is 4. The van der Waals surface area contributed by atoms with Gasteiger partial charge in [0.25, 0.3) is 0 Å². The molecule has 2 heterocycles. The number of aliphatic carboxylic acids is 4. The molecule has 2 N–H and O–H groups in total. The third-order valence-electron chi connectivity index (χ3n) is 8.07. The maximum absolute atomic E-state index is 13.0. The van der Waals surface area contributed by atoms with Gasteiger partial charge in [-0.15, -0.1) is 0 Å².